The van der Waals surface area contributed by atoms with Crippen molar-refractivity contribution >= 4 is 23.5 Å². The molecule has 0 aliphatic carbocycles. The third-order valence-electron chi connectivity index (χ3n) is 3.30. The number of benzene rings is 1. The summed E-state index contributed by atoms with van der Waals surface area (Å²) in [6.07, 6.45) is 2.00. The molecular weight excluding hydrogens is 325 g/mol. The van der Waals surface area contributed by atoms with Crippen molar-refractivity contribution in [2.75, 3.05) is 6.61 Å². The number of nitrogens with zero attached hydrogens (tertiary/aromatic N) is 1. The lowest BCUT2D eigenvalue weighted by Crippen LogP contribution is -2.08. The molecule has 23 heavy (non-hydrogen) atoms. The summed E-state index contributed by atoms with van der Waals surface area (Å²) in [5.41, 5.74) is 0.919. The van der Waals surface area contributed by atoms with Crippen LogP contribution in [0.2, 0.25) is 5.02 Å². The molecule has 0 radical (unpaired) electrons. The summed E-state index contributed by atoms with van der Waals surface area (Å²) in [5.74, 6) is -2.61. The molecule has 0 saturated heterocycles. The molecule has 5 nitrogen and oxygen atoms in total. The van der Waals surface area contributed by atoms with Gasteiger partial charge in [0.15, 0.2) is 0 Å². The SMILES string of the molecule is CCOC(=O)c1cc(CC)n(-c2cc(Cl)c(F)cc2C(=O)O)c1. The highest BCUT2D eigenvalue weighted by Gasteiger charge is 2.20. The number of hydrogen-bond acceptors (Lipinski definition) is 3. The molecule has 0 fully saturated rings. The van der Waals surface area contributed by atoms with Crippen molar-refractivity contribution in [3.63, 3.8) is 0 Å². The van der Waals surface area contributed by atoms with Crippen LogP contribution in [0.15, 0.2) is 24.4 Å². The molecule has 1 aromatic heterocycles. The molecule has 1 heterocycles. The highest BCUT2D eigenvalue weighted by atomic mass is 35.5. The summed E-state index contributed by atoms with van der Waals surface area (Å²) in [6.45, 7) is 3.78. The third kappa shape index (κ3) is 3.37. The van der Waals surface area contributed by atoms with Crippen LogP contribution >= 0.6 is 11.6 Å². The van der Waals surface area contributed by atoms with Crippen molar-refractivity contribution in [1.82, 2.24) is 4.57 Å². The molecular formula is C16H15ClFNO4. The molecule has 0 saturated carbocycles. The standard InChI is InChI=1S/C16H15ClFNO4/c1-3-10-5-9(16(22)23-4-2)8-19(10)14-7-12(17)13(18)6-11(14)15(20)21/h5-8H,3-4H2,1-2H3,(H,20,21). The van der Waals surface area contributed by atoms with Crippen molar-refractivity contribution in [3.8, 4) is 5.69 Å². The third-order valence-corrected chi connectivity index (χ3v) is 3.59. The zero-order valence-electron chi connectivity index (χ0n) is 12.6. The summed E-state index contributed by atoms with van der Waals surface area (Å²) in [4.78, 5) is 23.2. The van der Waals surface area contributed by atoms with E-state index in [1.165, 1.54) is 16.8 Å². The zero-order valence-corrected chi connectivity index (χ0v) is 13.4. The molecule has 0 unspecified atom stereocenters. The van der Waals surface area contributed by atoms with Crippen LogP contribution in [0.25, 0.3) is 5.69 Å². The number of carboxylic acids is 1. The van der Waals surface area contributed by atoms with Gasteiger partial charge in [0.2, 0.25) is 0 Å². The minimum atomic E-state index is -1.29. The van der Waals surface area contributed by atoms with E-state index in [9.17, 15) is 19.1 Å². The fraction of sp³-hybridized carbons (Fsp3) is 0.250. The van der Waals surface area contributed by atoms with Gasteiger partial charge in [0, 0.05) is 11.9 Å². The van der Waals surface area contributed by atoms with Gasteiger partial charge in [-0.1, -0.05) is 18.5 Å². The van der Waals surface area contributed by atoms with E-state index in [2.05, 4.69) is 0 Å². The average Bonchev–Trinajstić information content (AvgIpc) is 2.93. The fourth-order valence-electron chi connectivity index (χ4n) is 2.24. The van der Waals surface area contributed by atoms with Gasteiger partial charge < -0.3 is 14.4 Å². The lowest BCUT2D eigenvalue weighted by Gasteiger charge is -2.12. The van der Waals surface area contributed by atoms with Gasteiger partial charge in [-0.2, -0.15) is 0 Å². The van der Waals surface area contributed by atoms with Crippen LogP contribution in [0.1, 0.15) is 40.3 Å². The Labute approximate surface area is 137 Å². The van der Waals surface area contributed by atoms with Crippen molar-refractivity contribution in [1.29, 1.82) is 0 Å². The van der Waals surface area contributed by atoms with Crippen LogP contribution in [0, 0.1) is 5.82 Å². The maximum absolute atomic E-state index is 13.6. The minimum absolute atomic E-state index is 0.191. The van der Waals surface area contributed by atoms with E-state index in [-0.39, 0.29) is 22.9 Å². The Morgan fingerprint density at radius 1 is 1.30 bits per heavy atom. The Balaban J connectivity index is 2.64. The maximum Gasteiger partial charge on any atom is 0.339 e. The maximum atomic E-state index is 13.6. The number of rotatable bonds is 5. The lowest BCUT2D eigenvalue weighted by atomic mass is 10.1. The van der Waals surface area contributed by atoms with Crippen LogP contribution < -0.4 is 0 Å². The molecule has 2 aromatic rings. The van der Waals surface area contributed by atoms with E-state index >= 15 is 0 Å². The van der Waals surface area contributed by atoms with Crippen LogP contribution in [-0.2, 0) is 11.2 Å². The molecule has 0 spiro atoms. The Hall–Kier alpha value is -2.34. The second-order valence-electron chi connectivity index (χ2n) is 4.75. The Morgan fingerprint density at radius 2 is 2.00 bits per heavy atom. The van der Waals surface area contributed by atoms with Gasteiger partial charge >= 0.3 is 11.9 Å². The number of aromatic nitrogens is 1. The Morgan fingerprint density at radius 3 is 2.57 bits per heavy atom. The van der Waals surface area contributed by atoms with Crippen LogP contribution in [0.4, 0.5) is 4.39 Å². The van der Waals surface area contributed by atoms with E-state index in [1.54, 1.807) is 13.0 Å². The van der Waals surface area contributed by atoms with Crippen LogP contribution in [-0.4, -0.2) is 28.2 Å². The van der Waals surface area contributed by atoms with Gasteiger partial charge in [-0.05, 0) is 31.5 Å². The normalized spacial score (nSPS) is 10.6. The fourth-order valence-corrected chi connectivity index (χ4v) is 2.40. The number of aromatic carboxylic acids is 1. The van der Waals surface area contributed by atoms with Crippen molar-refractivity contribution in [2.24, 2.45) is 0 Å². The van der Waals surface area contributed by atoms with E-state index in [0.29, 0.717) is 17.7 Å². The first kappa shape index (κ1) is 17.0. The summed E-state index contributed by atoms with van der Waals surface area (Å²) < 4.78 is 20.0. The Bertz CT molecular complexity index is 770. The largest absolute Gasteiger partial charge is 0.478 e. The number of aryl methyl sites for hydroxylation is 1. The van der Waals surface area contributed by atoms with Crippen LogP contribution in [0.5, 0.6) is 0 Å². The second kappa shape index (κ2) is 6.83. The summed E-state index contributed by atoms with van der Waals surface area (Å²) in [6, 6.07) is 3.71. The van der Waals surface area contributed by atoms with Gasteiger partial charge in [-0.25, -0.2) is 14.0 Å². The second-order valence-corrected chi connectivity index (χ2v) is 5.16. The van der Waals surface area contributed by atoms with Crippen molar-refractivity contribution in [2.45, 2.75) is 20.3 Å². The predicted molar refractivity (Wildman–Crippen MR) is 83.0 cm³/mol. The first-order valence-electron chi connectivity index (χ1n) is 7.00. The van der Waals surface area contributed by atoms with Crippen molar-refractivity contribution in [3.05, 3.63) is 52.1 Å². The monoisotopic (exact) mass is 339 g/mol. The summed E-state index contributed by atoms with van der Waals surface area (Å²) in [7, 11) is 0. The quantitative estimate of drug-likeness (QED) is 0.843. The van der Waals surface area contributed by atoms with Crippen molar-refractivity contribution < 1.29 is 23.8 Å². The number of carbonyl (C=O) groups is 2. The predicted octanol–water partition coefficient (Wildman–Crippen LogP) is 3.71. The van der Waals surface area contributed by atoms with E-state index in [0.717, 1.165) is 6.07 Å². The summed E-state index contributed by atoms with van der Waals surface area (Å²) >= 11 is 5.78. The van der Waals surface area contributed by atoms with Gasteiger partial charge in [0.05, 0.1) is 28.4 Å². The molecule has 122 valence electrons. The number of hydrogen-bond donors (Lipinski definition) is 1. The molecule has 0 bridgehead atoms. The van der Waals surface area contributed by atoms with E-state index in [1.807, 2.05) is 6.92 Å². The zero-order chi connectivity index (χ0) is 17.1. The molecule has 0 atom stereocenters. The number of ether oxygens (including phenoxy) is 1. The highest BCUT2D eigenvalue weighted by molar-refractivity contribution is 6.31. The molecule has 0 amide bonds. The van der Waals surface area contributed by atoms with Gasteiger partial charge in [-0.15, -0.1) is 0 Å². The van der Waals surface area contributed by atoms with E-state index < -0.39 is 17.8 Å². The topological polar surface area (TPSA) is 68.5 Å². The first-order valence-corrected chi connectivity index (χ1v) is 7.37. The van der Waals surface area contributed by atoms with Gasteiger partial charge in [-0.3, -0.25) is 0 Å². The first-order chi connectivity index (χ1) is 10.9. The Kier molecular flexibility index (Phi) is 5.05. The number of halogens is 2. The number of esters is 1. The smallest absolute Gasteiger partial charge is 0.339 e. The molecule has 2 rings (SSSR count). The number of carbonyl (C=O) groups excluding carboxylic acids is 1. The highest BCUT2D eigenvalue weighted by Crippen LogP contribution is 2.26. The molecule has 0 aliphatic heterocycles. The lowest BCUT2D eigenvalue weighted by molar-refractivity contribution is 0.0526. The summed E-state index contributed by atoms with van der Waals surface area (Å²) in [5, 5.41) is 9.10. The van der Waals surface area contributed by atoms with Crippen LogP contribution in [0.3, 0.4) is 0 Å². The van der Waals surface area contributed by atoms with E-state index in [4.69, 9.17) is 16.3 Å². The molecule has 1 N–H and O–H groups in total. The average molecular weight is 340 g/mol. The van der Waals surface area contributed by atoms with Gasteiger partial charge in [0.25, 0.3) is 0 Å². The number of carboxylic acid groups (broad SMARTS) is 1. The van der Waals surface area contributed by atoms with Gasteiger partial charge in [0.1, 0.15) is 5.82 Å². The molecule has 0 aliphatic rings. The molecule has 1 aromatic carbocycles. The minimum Gasteiger partial charge on any atom is -0.478 e. The molecule has 7 heteroatoms.